The molecule has 1 aromatic carbocycles. The third-order valence-electron chi connectivity index (χ3n) is 3.92. The third kappa shape index (κ3) is 2.37. The zero-order valence-corrected chi connectivity index (χ0v) is 10.9. The molecule has 2 aliphatic rings. The van der Waals surface area contributed by atoms with Gasteiger partial charge < -0.3 is 11.1 Å². The second-order valence-electron chi connectivity index (χ2n) is 5.10. The van der Waals surface area contributed by atoms with Crippen molar-refractivity contribution in [3.63, 3.8) is 0 Å². The first-order valence-electron chi connectivity index (χ1n) is 6.56. The lowest BCUT2D eigenvalue weighted by Crippen LogP contribution is -2.23. The fourth-order valence-corrected chi connectivity index (χ4v) is 3.86. The van der Waals surface area contributed by atoms with E-state index >= 15 is 0 Å². The van der Waals surface area contributed by atoms with Crippen LogP contribution in [0.4, 0.5) is 0 Å². The smallest absolute Gasteiger partial charge is 0.0336 e. The van der Waals surface area contributed by atoms with Gasteiger partial charge in [0, 0.05) is 10.9 Å². The van der Waals surface area contributed by atoms with Gasteiger partial charge in [-0.15, -0.1) is 11.8 Å². The van der Waals surface area contributed by atoms with Gasteiger partial charge in [0.05, 0.1) is 0 Å². The van der Waals surface area contributed by atoms with Gasteiger partial charge in [0.15, 0.2) is 0 Å². The molecule has 17 heavy (non-hydrogen) atoms. The molecule has 3 rings (SSSR count). The van der Waals surface area contributed by atoms with Crippen LogP contribution in [0.2, 0.25) is 0 Å². The molecule has 0 bridgehead atoms. The number of nitrogens with two attached hydrogens (primary N) is 1. The van der Waals surface area contributed by atoms with Crippen LogP contribution in [0.25, 0.3) is 0 Å². The van der Waals surface area contributed by atoms with Crippen molar-refractivity contribution in [1.82, 2.24) is 5.32 Å². The quantitative estimate of drug-likeness (QED) is 0.843. The van der Waals surface area contributed by atoms with Crippen LogP contribution in [0, 0.1) is 5.92 Å². The van der Waals surface area contributed by atoms with Crippen LogP contribution in [-0.2, 0) is 6.42 Å². The van der Waals surface area contributed by atoms with Gasteiger partial charge in [0.1, 0.15) is 0 Å². The maximum atomic E-state index is 6.39. The van der Waals surface area contributed by atoms with Crippen LogP contribution in [0.1, 0.15) is 30.0 Å². The Hall–Kier alpha value is -0.510. The molecule has 1 aromatic rings. The molecular weight excluding hydrogens is 228 g/mol. The highest BCUT2D eigenvalue weighted by Crippen LogP contribution is 2.33. The van der Waals surface area contributed by atoms with Gasteiger partial charge >= 0.3 is 0 Å². The van der Waals surface area contributed by atoms with Crippen LogP contribution < -0.4 is 11.1 Å². The third-order valence-corrected chi connectivity index (χ3v) is 5.13. The van der Waals surface area contributed by atoms with Gasteiger partial charge in [-0.25, -0.2) is 0 Å². The van der Waals surface area contributed by atoms with E-state index in [0.717, 1.165) is 13.1 Å². The topological polar surface area (TPSA) is 38.0 Å². The molecule has 0 radical (unpaired) electrons. The van der Waals surface area contributed by atoms with E-state index in [1.165, 1.54) is 41.0 Å². The van der Waals surface area contributed by atoms with E-state index in [-0.39, 0.29) is 6.04 Å². The van der Waals surface area contributed by atoms with Gasteiger partial charge in [-0.05, 0) is 61.2 Å². The van der Waals surface area contributed by atoms with Crippen LogP contribution in [0.15, 0.2) is 23.1 Å². The number of fused-ring (bicyclic) bond motifs is 1. The Balaban J connectivity index is 1.82. The highest BCUT2D eigenvalue weighted by Gasteiger charge is 2.23. The molecule has 2 unspecified atom stereocenters. The first-order chi connectivity index (χ1) is 8.34. The van der Waals surface area contributed by atoms with Crippen molar-refractivity contribution in [1.29, 1.82) is 0 Å². The Morgan fingerprint density at radius 3 is 3.18 bits per heavy atom. The summed E-state index contributed by atoms with van der Waals surface area (Å²) in [7, 11) is 0. The maximum absolute atomic E-state index is 6.39. The van der Waals surface area contributed by atoms with Crippen molar-refractivity contribution in [3.05, 3.63) is 29.3 Å². The predicted octanol–water partition coefficient (Wildman–Crippen LogP) is 2.33. The molecule has 2 nitrogen and oxygen atoms in total. The number of hydrogen-bond donors (Lipinski definition) is 2. The van der Waals surface area contributed by atoms with Gasteiger partial charge in [-0.1, -0.05) is 12.1 Å². The Labute approximate surface area is 107 Å². The van der Waals surface area contributed by atoms with E-state index in [9.17, 15) is 0 Å². The van der Waals surface area contributed by atoms with Gasteiger partial charge in [-0.2, -0.15) is 0 Å². The molecule has 0 spiro atoms. The van der Waals surface area contributed by atoms with Crippen molar-refractivity contribution in [2.45, 2.75) is 30.2 Å². The van der Waals surface area contributed by atoms with E-state index in [4.69, 9.17) is 5.73 Å². The van der Waals surface area contributed by atoms with E-state index < -0.39 is 0 Å². The van der Waals surface area contributed by atoms with Crippen LogP contribution in [-0.4, -0.2) is 18.8 Å². The first-order valence-corrected chi connectivity index (χ1v) is 7.55. The Morgan fingerprint density at radius 1 is 1.41 bits per heavy atom. The normalized spacial score (nSPS) is 25.6. The van der Waals surface area contributed by atoms with Crippen molar-refractivity contribution in [2.75, 3.05) is 18.8 Å². The standard InChI is InChI=1S/C14H20N2S/c15-14(12-5-6-16-9-12)11-3-4-13-10(8-11)2-1-7-17-13/h3-4,8,12,14,16H,1-2,5-7,9,15H2. The second-order valence-corrected chi connectivity index (χ2v) is 6.23. The number of rotatable bonds is 2. The number of nitrogens with one attached hydrogen (secondary N) is 1. The van der Waals surface area contributed by atoms with Gasteiger partial charge in [0.25, 0.3) is 0 Å². The molecule has 2 heterocycles. The van der Waals surface area contributed by atoms with Crippen molar-refractivity contribution in [3.8, 4) is 0 Å². The largest absolute Gasteiger partial charge is 0.324 e. The van der Waals surface area contributed by atoms with Gasteiger partial charge in [-0.3, -0.25) is 0 Å². The SMILES string of the molecule is NC(c1ccc2c(c1)CCCS2)C1CCNC1. The molecule has 3 heteroatoms. The molecule has 3 N–H and O–H groups in total. The second kappa shape index (κ2) is 5.01. The zero-order chi connectivity index (χ0) is 11.7. The van der Waals surface area contributed by atoms with E-state index in [2.05, 4.69) is 23.5 Å². The fraction of sp³-hybridized carbons (Fsp3) is 0.571. The predicted molar refractivity (Wildman–Crippen MR) is 73.4 cm³/mol. The summed E-state index contributed by atoms with van der Waals surface area (Å²) < 4.78 is 0. The Morgan fingerprint density at radius 2 is 2.35 bits per heavy atom. The lowest BCUT2D eigenvalue weighted by molar-refractivity contribution is 0.469. The molecular formula is C14H20N2S. The minimum absolute atomic E-state index is 0.210. The molecule has 0 aromatic heterocycles. The number of hydrogen-bond acceptors (Lipinski definition) is 3. The highest BCUT2D eigenvalue weighted by atomic mass is 32.2. The summed E-state index contributed by atoms with van der Waals surface area (Å²) in [6.07, 6.45) is 3.75. The summed E-state index contributed by atoms with van der Waals surface area (Å²) in [6.45, 7) is 2.20. The number of benzene rings is 1. The minimum Gasteiger partial charge on any atom is -0.324 e. The fourth-order valence-electron chi connectivity index (χ4n) is 2.84. The molecule has 2 aliphatic heterocycles. The summed E-state index contributed by atoms with van der Waals surface area (Å²) in [5, 5.41) is 3.40. The lowest BCUT2D eigenvalue weighted by Gasteiger charge is -2.22. The summed E-state index contributed by atoms with van der Waals surface area (Å²) in [6, 6.07) is 7.07. The van der Waals surface area contributed by atoms with Crippen LogP contribution in [0.3, 0.4) is 0 Å². The molecule has 1 saturated heterocycles. The summed E-state index contributed by atoms with van der Waals surface area (Å²) in [5.74, 6) is 1.88. The maximum Gasteiger partial charge on any atom is 0.0336 e. The van der Waals surface area contributed by atoms with Crippen LogP contribution >= 0.6 is 11.8 Å². The summed E-state index contributed by atoms with van der Waals surface area (Å²) in [5.41, 5.74) is 9.23. The van der Waals surface area contributed by atoms with Crippen molar-refractivity contribution < 1.29 is 0 Å². The van der Waals surface area contributed by atoms with Gasteiger partial charge in [0.2, 0.25) is 0 Å². The van der Waals surface area contributed by atoms with Crippen molar-refractivity contribution >= 4 is 11.8 Å². The molecule has 2 atom stereocenters. The van der Waals surface area contributed by atoms with Crippen molar-refractivity contribution in [2.24, 2.45) is 11.7 Å². The van der Waals surface area contributed by atoms with E-state index in [0.29, 0.717) is 5.92 Å². The lowest BCUT2D eigenvalue weighted by atomic mass is 9.91. The number of aryl methyl sites for hydroxylation is 1. The molecule has 1 fully saturated rings. The number of thioether (sulfide) groups is 1. The minimum atomic E-state index is 0.210. The average Bonchev–Trinajstić information content (AvgIpc) is 2.91. The van der Waals surface area contributed by atoms with Crippen LogP contribution in [0.5, 0.6) is 0 Å². The Kier molecular flexibility index (Phi) is 3.41. The molecule has 0 aliphatic carbocycles. The summed E-state index contributed by atoms with van der Waals surface area (Å²) in [4.78, 5) is 1.47. The highest BCUT2D eigenvalue weighted by molar-refractivity contribution is 7.99. The molecule has 0 amide bonds. The summed E-state index contributed by atoms with van der Waals surface area (Å²) >= 11 is 1.99. The van der Waals surface area contributed by atoms with E-state index in [1.54, 1.807) is 0 Å². The zero-order valence-electron chi connectivity index (χ0n) is 10.1. The Bertz CT molecular complexity index is 399. The van der Waals surface area contributed by atoms with E-state index in [1.807, 2.05) is 11.8 Å². The monoisotopic (exact) mass is 248 g/mol. The first kappa shape index (κ1) is 11.6. The average molecular weight is 248 g/mol. The molecule has 92 valence electrons. The molecule has 0 saturated carbocycles.